The molecule has 1 aromatic heterocycles. The quantitative estimate of drug-likeness (QED) is 0.00862. The number of carbonyl (C=O) groups excluding carboxylic acids is 7. The van der Waals surface area contributed by atoms with Crippen molar-refractivity contribution in [2.24, 2.45) is 51.1 Å². The number of carbonyl (C=O) groups is 7. The Hall–Kier alpha value is -16.9. The zero-order valence-corrected chi connectivity index (χ0v) is 73.4. The van der Waals surface area contributed by atoms with Gasteiger partial charge in [0.1, 0.15) is 42.0 Å². The number of ether oxygens (including phenoxy) is 8. The van der Waals surface area contributed by atoms with E-state index in [1.165, 1.54) is 24.3 Å². The second-order valence-corrected chi connectivity index (χ2v) is 28.5. The molecule has 30 nitrogen and oxygen atoms in total. The van der Waals surface area contributed by atoms with Crippen molar-refractivity contribution in [3.8, 4) is 28.7 Å². The average Bonchev–Trinajstić information content (AvgIpc) is 0.895. The first-order chi connectivity index (χ1) is 63.6. The molecular formula is C101H97N15O15. The van der Waals surface area contributed by atoms with Gasteiger partial charge in [-0.15, -0.1) is 0 Å². The van der Waals surface area contributed by atoms with Crippen LogP contribution in [0.3, 0.4) is 0 Å². The Morgan fingerprint density at radius 2 is 0.588 bits per heavy atom. The lowest BCUT2D eigenvalue weighted by molar-refractivity contribution is -0.138. The van der Waals surface area contributed by atoms with Crippen molar-refractivity contribution in [3.63, 3.8) is 0 Å². The van der Waals surface area contributed by atoms with Crippen molar-refractivity contribution in [2.45, 2.75) is 33.6 Å². The molecule has 30 heteroatoms. The smallest absolute Gasteiger partial charge is 0.343 e. The summed E-state index contributed by atoms with van der Waals surface area (Å²) in [4.78, 5) is 96.1. The molecule has 0 bridgehead atoms. The van der Waals surface area contributed by atoms with Gasteiger partial charge >= 0.3 is 41.8 Å². The van der Waals surface area contributed by atoms with Gasteiger partial charge in [0.25, 0.3) is 0 Å². The number of hydrogen-bond acceptors (Lipinski definition) is 30. The van der Waals surface area contributed by atoms with Gasteiger partial charge in [0, 0.05) is 94.7 Å². The molecule has 0 aliphatic carbocycles. The number of aromatic nitrogens is 1. The van der Waals surface area contributed by atoms with E-state index in [0.717, 1.165) is 71.0 Å². The Kier molecular flexibility index (Phi) is 37.4. The van der Waals surface area contributed by atoms with E-state index in [-0.39, 0.29) is 19.0 Å². The number of azo groups is 5. The highest BCUT2D eigenvalue weighted by Crippen LogP contribution is 2.32. The van der Waals surface area contributed by atoms with Crippen molar-refractivity contribution < 1.29 is 71.5 Å². The number of aryl methyl sites for hydroxylation is 1. The number of benzene rings is 11. The molecule has 1 heterocycles. The van der Waals surface area contributed by atoms with Crippen LogP contribution < -0.4 is 43.3 Å². The topological polar surface area (TPSA) is 343 Å². The van der Waals surface area contributed by atoms with Crippen molar-refractivity contribution in [1.82, 2.24) is 4.98 Å². The maximum atomic E-state index is 12.7. The largest absolute Gasteiger partial charge is 0.494 e. The van der Waals surface area contributed by atoms with E-state index in [1.807, 2.05) is 153 Å². The van der Waals surface area contributed by atoms with E-state index in [9.17, 15) is 33.6 Å². The first kappa shape index (κ1) is 96.3. The zero-order valence-electron chi connectivity index (χ0n) is 73.4. The van der Waals surface area contributed by atoms with Crippen molar-refractivity contribution in [2.75, 3.05) is 100 Å². The lowest BCUT2D eigenvalue weighted by atomic mass is 10.2. The third-order valence-corrected chi connectivity index (χ3v) is 18.9. The molecule has 12 rings (SSSR count). The van der Waals surface area contributed by atoms with Gasteiger partial charge < -0.3 is 57.5 Å². The molecule has 0 N–H and O–H groups in total. The molecule has 0 unspecified atom stereocenters. The molecule has 0 atom stereocenters. The Labute approximate surface area is 758 Å². The molecule has 0 saturated carbocycles. The van der Waals surface area contributed by atoms with E-state index in [0.29, 0.717) is 130 Å². The minimum absolute atomic E-state index is 0.253. The van der Waals surface area contributed by atoms with E-state index in [1.54, 1.807) is 158 Å². The van der Waals surface area contributed by atoms with Crippen LogP contribution in [0.15, 0.2) is 374 Å². The molecule has 0 aliphatic rings. The van der Waals surface area contributed by atoms with Crippen LogP contribution in [-0.4, -0.2) is 128 Å². The number of nitrogens with zero attached hydrogens (tertiary/aromatic N) is 15. The van der Waals surface area contributed by atoms with Crippen LogP contribution in [0, 0.1) is 6.92 Å². The number of hydrogen-bond donors (Lipinski definition) is 0. The van der Waals surface area contributed by atoms with E-state index in [2.05, 4.69) is 94.6 Å². The molecule has 0 spiro atoms. The third kappa shape index (κ3) is 32.2. The van der Waals surface area contributed by atoms with Crippen molar-refractivity contribution >= 4 is 121 Å². The molecule has 666 valence electrons. The zero-order chi connectivity index (χ0) is 93.1. The fourth-order valence-electron chi connectivity index (χ4n) is 11.5. The predicted molar refractivity (Wildman–Crippen MR) is 503 cm³/mol. The molecule has 0 aliphatic heterocycles. The Bertz CT molecular complexity index is 5940. The molecule has 0 amide bonds. The molecule has 131 heavy (non-hydrogen) atoms. The number of likely N-dealkylation sites (N-methyl/N-ethyl adjacent to an activating group) is 2. The van der Waals surface area contributed by atoms with Crippen molar-refractivity contribution in [1.29, 1.82) is 0 Å². The number of anilines is 4. The monoisotopic (exact) mass is 1760 g/mol. The molecule has 0 saturated heterocycles. The number of unbranched alkanes of at least 4 members (excludes halogenated alkanes) is 1. The molecular weight excluding hydrogens is 1660 g/mol. The minimum Gasteiger partial charge on any atom is -0.494 e. The summed E-state index contributed by atoms with van der Waals surface area (Å²) in [6.45, 7) is 20.4. The number of rotatable bonds is 39. The van der Waals surface area contributed by atoms with Gasteiger partial charge in [0.2, 0.25) is 0 Å². The summed E-state index contributed by atoms with van der Waals surface area (Å²) in [5.74, 6) is -1.36. The SMILES string of the molecule is C=CC(=O)OCCCCOc1ccc(C(=O)Oc2ccc(C(=O)Oc3ccc(N=Nc4ccc(N(CC)CC)cc4)cc3)cc2)cc1.C=CC(=O)OCCN(C)c1ccc(N=Nc2ccc(OC(=O)c3ccc(N=Nc4ccc(N(C)CCOC(=O)C=C)cc4)cc3)cc2)cc1.Cc1cc(N=Nc2ccncc2)ccc1OC(=O)c1ccc(N=Nc2ccc(N(C)C)cc2)cc1. The molecule has 0 radical (unpaired) electrons. The Morgan fingerprint density at radius 3 is 0.931 bits per heavy atom. The summed E-state index contributed by atoms with van der Waals surface area (Å²) in [5, 5.41) is 42.4. The van der Waals surface area contributed by atoms with Gasteiger partial charge in [-0.25, -0.2) is 33.6 Å². The van der Waals surface area contributed by atoms with Crippen LogP contribution in [0.2, 0.25) is 0 Å². The van der Waals surface area contributed by atoms with Gasteiger partial charge in [0.05, 0.1) is 105 Å². The summed E-state index contributed by atoms with van der Waals surface area (Å²) < 4.78 is 42.6. The van der Waals surface area contributed by atoms with Gasteiger partial charge in [0.15, 0.2) is 0 Å². The van der Waals surface area contributed by atoms with Crippen LogP contribution in [0.4, 0.5) is 79.6 Å². The van der Waals surface area contributed by atoms with E-state index >= 15 is 0 Å². The second kappa shape index (κ2) is 50.9. The summed E-state index contributed by atoms with van der Waals surface area (Å²) in [7, 11) is 7.76. The highest BCUT2D eigenvalue weighted by Gasteiger charge is 2.17. The Balaban J connectivity index is 0.000000207. The molecule has 11 aromatic carbocycles. The maximum Gasteiger partial charge on any atom is 0.343 e. The van der Waals surface area contributed by atoms with Crippen LogP contribution in [0.25, 0.3) is 0 Å². The normalized spacial score (nSPS) is 10.9. The van der Waals surface area contributed by atoms with Crippen LogP contribution in [-0.2, 0) is 28.6 Å². The van der Waals surface area contributed by atoms with E-state index in [4.69, 9.17) is 37.9 Å². The molecule has 0 fully saturated rings. The molecule has 12 aromatic rings. The lowest BCUT2D eigenvalue weighted by Crippen LogP contribution is -2.23. The average molecular weight is 1760 g/mol. The van der Waals surface area contributed by atoms with Gasteiger partial charge in [-0.05, 0) is 312 Å². The Morgan fingerprint density at radius 1 is 0.313 bits per heavy atom. The fraction of sp³-hybridized carbons (Fsp3) is 0.168. The highest BCUT2D eigenvalue weighted by atomic mass is 16.6. The summed E-state index contributed by atoms with van der Waals surface area (Å²) in [6.07, 6.45) is 8.07. The van der Waals surface area contributed by atoms with Gasteiger partial charge in [-0.1, -0.05) is 19.7 Å². The summed E-state index contributed by atoms with van der Waals surface area (Å²) in [6, 6.07) is 78.8. The standard InChI is InChI=1S/C37H36N6O6.C37H37N3O7.C27H24N6O2/c1-5-35(44)47-25-23-42(3)32-17-11-29(12-18-32)39-38-28-9-7-27(8-10-28)37(46)49-34-21-15-31(16-22-34)41-40-30-13-19-33(20-14-30)43(4)24-26-48-36(45)6-2;1-4-35(41)45-26-8-7-25-44-32-19-9-27(10-20-32)36(42)46-33-21-11-28(12-22-33)37(43)47-34-23-15-30(16-24-34)39-38-29-13-17-31(18-14-29)40(5-2)6-3;1-19-18-24(32-31-23-14-16-28-17-15-23)10-13-26(19)35-27(34)20-4-6-21(7-5-20)29-30-22-8-11-25(12-9-22)33(2)3/h5-22H,1-2,23-26H2,3-4H3;4,9-24H,1,5-8,25-26H2,2-3H3;4-18H,1-3H3. The maximum absolute atomic E-state index is 12.7. The highest BCUT2D eigenvalue weighted by molar-refractivity contribution is 5.94. The number of pyridine rings is 1. The van der Waals surface area contributed by atoms with Crippen LogP contribution in [0.5, 0.6) is 28.7 Å². The first-order valence-electron chi connectivity index (χ1n) is 41.4. The third-order valence-electron chi connectivity index (χ3n) is 18.9. The lowest BCUT2D eigenvalue weighted by Gasteiger charge is -2.20. The number of esters is 7. The van der Waals surface area contributed by atoms with Gasteiger partial charge in [-0.3, -0.25) is 4.98 Å². The summed E-state index contributed by atoms with van der Waals surface area (Å²) >= 11 is 0. The summed E-state index contributed by atoms with van der Waals surface area (Å²) in [5.41, 5.74) is 12.9. The predicted octanol–water partition coefficient (Wildman–Crippen LogP) is 23.8. The van der Waals surface area contributed by atoms with Gasteiger partial charge in [-0.2, -0.15) is 51.1 Å². The minimum atomic E-state index is -0.557. The first-order valence-corrected chi connectivity index (χ1v) is 41.4. The van der Waals surface area contributed by atoms with Crippen molar-refractivity contribution in [3.05, 3.63) is 351 Å². The second-order valence-electron chi connectivity index (χ2n) is 28.5. The van der Waals surface area contributed by atoms with E-state index < -0.39 is 41.8 Å². The van der Waals surface area contributed by atoms with Crippen LogP contribution in [0.1, 0.15) is 73.7 Å². The fourth-order valence-corrected chi connectivity index (χ4v) is 11.5. The van der Waals surface area contributed by atoms with Crippen LogP contribution >= 0.6 is 0 Å².